The van der Waals surface area contributed by atoms with Crippen LogP contribution in [0.2, 0.25) is 0 Å². The molecule has 9 heteroatoms. The Bertz CT molecular complexity index is 1290. The topological polar surface area (TPSA) is 137 Å². The summed E-state index contributed by atoms with van der Waals surface area (Å²) in [4.78, 5) is 26.0. The second kappa shape index (κ2) is 8.11. The van der Waals surface area contributed by atoms with E-state index in [9.17, 15) is 33.5 Å². The third-order valence-corrected chi connectivity index (χ3v) is 6.40. The van der Waals surface area contributed by atoms with E-state index >= 15 is 0 Å². The fourth-order valence-corrected chi connectivity index (χ4v) is 5.30. The van der Waals surface area contributed by atoms with Crippen LogP contribution < -0.4 is 0 Å². The molecule has 0 amide bonds. The van der Waals surface area contributed by atoms with Crippen molar-refractivity contribution < 1.29 is 28.2 Å². The Morgan fingerprint density at radius 2 is 1.23 bits per heavy atom. The van der Waals surface area contributed by atoms with Gasteiger partial charge in [-0.25, -0.2) is 28.1 Å². The number of carbonyl (C=O) groups is 2. The number of nitriles is 1. The number of carboxylic acids is 2. The number of allylic oxidation sites excluding steroid dienone is 1. The smallest absolute Gasteiger partial charge is 0.336 e. The molecular formula is C22H12N2O6S. The first-order valence-corrected chi connectivity index (χ1v) is 10.1. The maximum atomic E-state index is 13.7. The number of rotatable bonds is 4. The van der Waals surface area contributed by atoms with Crippen LogP contribution in [-0.2, 0) is 19.4 Å². The Hall–Kier alpha value is -4.47. The normalized spacial score (nSPS) is 15.1. The van der Waals surface area contributed by atoms with Crippen LogP contribution in [0.25, 0.3) is 14.7 Å². The van der Waals surface area contributed by atoms with Crippen molar-refractivity contribution in [2.24, 2.45) is 0 Å². The van der Waals surface area contributed by atoms with Crippen LogP contribution in [0.15, 0.2) is 83.1 Å². The highest BCUT2D eigenvalue weighted by molar-refractivity contribution is 8.09. The molecule has 0 atom stereocenters. The van der Waals surface area contributed by atoms with Gasteiger partial charge in [0.25, 0.3) is 5.70 Å². The van der Waals surface area contributed by atoms with Crippen LogP contribution in [0.1, 0.15) is 11.1 Å². The van der Waals surface area contributed by atoms with E-state index in [1.165, 1.54) is 54.6 Å². The molecule has 3 rings (SSSR count). The van der Waals surface area contributed by atoms with E-state index in [-0.39, 0.29) is 11.1 Å². The second-order valence-electron chi connectivity index (χ2n) is 6.20. The third-order valence-electron chi connectivity index (χ3n) is 4.45. The number of nitrogens with zero attached hydrogens (tertiary/aromatic N) is 2. The van der Waals surface area contributed by atoms with Crippen molar-refractivity contribution in [1.29, 1.82) is 5.26 Å². The van der Waals surface area contributed by atoms with Gasteiger partial charge in [0.05, 0.1) is 33.6 Å². The Morgan fingerprint density at radius 1 is 0.839 bits per heavy atom. The van der Waals surface area contributed by atoms with Crippen molar-refractivity contribution in [2.45, 2.75) is 0 Å². The summed E-state index contributed by atoms with van der Waals surface area (Å²) in [7, 11) is -4.69. The van der Waals surface area contributed by atoms with E-state index < -0.39 is 54.0 Å². The lowest BCUT2D eigenvalue weighted by molar-refractivity contribution is -0.132. The second-order valence-corrected chi connectivity index (χ2v) is 8.02. The molecule has 1 heterocycles. The first-order valence-electron chi connectivity index (χ1n) is 8.59. The van der Waals surface area contributed by atoms with E-state index in [0.717, 1.165) is 0 Å². The van der Waals surface area contributed by atoms with Gasteiger partial charge in [-0.1, -0.05) is 60.7 Å². The number of sulfone groups is 1. The van der Waals surface area contributed by atoms with E-state index in [0.29, 0.717) is 0 Å². The average Bonchev–Trinajstić information content (AvgIpc) is 2.75. The third kappa shape index (κ3) is 3.50. The van der Waals surface area contributed by atoms with Gasteiger partial charge in [-0.05, 0) is 11.1 Å². The molecule has 0 fully saturated rings. The highest BCUT2D eigenvalue weighted by atomic mass is 32.2. The van der Waals surface area contributed by atoms with Gasteiger partial charge in [0, 0.05) is 5.57 Å². The standard InChI is InChI=1S/C22H12N2O6S/c1-24-15(12-23)16-17(21(25)26)19(13-8-4-2-5-9-13)31(29,30)20(18(16)22(27)28)14-10-6-3-7-11-14/h2-11H,(H,25,26)(H,27,28). The fraction of sp³-hybridized carbons (Fsp3) is 0. The van der Waals surface area contributed by atoms with E-state index in [2.05, 4.69) is 4.85 Å². The molecule has 0 saturated carbocycles. The molecule has 8 nitrogen and oxygen atoms in total. The zero-order chi connectivity index (χ0) is 22.8. The van der Waals surface area contributed by atoms with Gasteiger partial charge in [0.15, 0.2) is 0 Å². The molecule has 0 aromatic heterocycles. The predicted molar refractivity (Wildman–Crippen MR) is 110 cm³/mol. The van der Waals surface area contributed by atoms with Crippen LogP contribution in [0, 0.1) is 17.9 Å². The number of hydrogen-bond acceptors (Lipinski definition) is 5. The van der Waals surface area contributed by atoms with Crippen molar-refractivity contribution in [1.82, 2.24) is 0 Å². The average molecular weight is 432 g/mol. The highest BCUT2D eigenvalue weighted by Gasteiger charge is 2.44. The lowest BCUT2D eigenvalue weighted by Crippen LogP contribution is -2.25. The van der Waals surface area contributed by atoms with Gasteiger partial charge in [-0.2, -0.15) is 0 Å². The zero-order valence-electron chi connectivity index (χ0n) is 15.6. The maximum absolute atomic E-state index is 13.7. The predicted octanol–water partition coefficient (Wildman–Crippen LogP) is 3.10. The lowest BCUT2D eigenvalue weighted by atomic mass is 9.91. The quantitative estimate of drug-likeness (QED) is 0.559. The number of hydrogen-bond donors (Lipinski definition) is 2. The van der Waals surface area contributed by atoms with Gasteiger partial charge in [0.1, 0.15) is 0 Å². The first kappa shape index (κ1) is 21.2. The monoisotopic (exact) mass is 432 g/mol. The zero-order valence-corrected chi connectivity index (χ0v) is 16.4. The molecule has 0 unspecified atom stereocenters. The van der Waals surface area contributed by atoms with E-state index in [4.69, 9.17) is 6.57 Å². The van der Waals surface area contributed by atoms with Crippen LogP contribution in [0.5, 0.6) is 0 Å². The summed E-state index contributed by atoms with van der Waals surface area (Å²) < 4.78 is 27.3. The minimum absolute atomic E-state index is 0.0162. The molecule has 0 saturated heterocycles. The summed E-state index contributed by atoms with van der Waals surface area (Å²) in [5, 5.41) is 29.2. The SMILES string of the molecule is [C-]#[N+]C(C#N)=C1C(C(=O)O)=C(c2ccccc2)S(=O)(=O)C(c2ccccc2)=C1C(=O)O. The Labute approximate surface area is 177 Å². The largest absolute Gasteiger partial charge is 0.478 e. The van der Waals surface area contributed by atoms with Crippen molar-refractivity contribution >= 4 is 31.6 Å². The van der Waals surface area contributed by atoms with Gasteiger partial charge < -0.3 is 10.2 Å². The molecule has 2 aromatic rings. The summed E-state index contributed by atoms with van der Waals surface area (Å²) in [6.45, 7) is 7.26. The molecule has 152 valence electrons. The Balaban J connectivity index is 2.67. The molecule has 31 heavy (non-hydrogen) atoms. The molecule has 1 aliphatic rings. The number of aliphatic carboxylic acids is 2. The van der Waals surface area contributed by atoms with Crippen molar-refractivity contribution in [2.75, 3.05) is 0 Å². The van der Waals surface area contributed by atoms with Crippen molar-refractivity contribution in [3.8, 4) is 6.07 Å². The fourth-order valence-electron chi connectivity index (χ4n) is 3.28. The molecule has 2 N–H and O–H groups in total. The molecule has 2 aromatic carbocycles. The summed E-state index contributed by atoms with van der Waals surface area (Å²) in [5.74, 6) is -3.56. The van der Waals surface area contributed by atoms with E-state index in [1.54, 1.807) is 12.1 Å². The molecule has 0 radical (unpaired) electrons. The van der Waals surface area contributed by atoms with Crippen LogP contribution in [0.3, 0.4) is 0 Å². The summed E-state index contributed by atoms with van der Waals surface area (Å²) in [6.07, 6.45) is 0. The number of benzene rings is 2. The lowest BCUT2D eigenvalue weighted by Gasteiger charge is -2.25. The van der Waals surface area contributed by atoms with E-state index in [1.807, 2.05) is 0 Å². The van der Waals surface area contributed by atoms with Crippen molar-refractivity contribution in [3.63, 3.8) is 0 Å². The summed E-state index contributed by atoms with van der Waals surface area (Å²) in [6, 6.07) is 16.0. The molecule has 0 aliphatic carbocycles. The van der Waals surface area contributed by atoms with Crippen LogP contribution in [0.4, 0.5) is 0 Å². The molecule has 0 spiro atoms. The highest BCUT2D eigenvalue weighted by Crippen LogP contribution is 2.47. The summed E-state index contributed by atoms with van der Waals surface area (Å²) >= 11 is 0. The van der Waals surface area contributed by atoms with Gasteiger partial charge in [-0.3, -0.25) is 0 Å². The molecule has 0 bridgehead atoms. The maximum Gasteiger partial charge on any atom is 0.336 e. The van der Waals surface area contributed by atoms with Crippen molar-refractivity contribution in [3.05, 3.63) is 106 Å². The minimum atomic E-state index is -4.69. The summed E-state index contributed by atoms with van der Waals surface area (Å²) in [5.41, 5.74) is -3.49. The van der Waals surface area contributed by atoms with Gasteiger partial charge in [0.2, 0.25) is 9.84 Å². The van der Waals surface area contributed by atoms with Gasteiger partial charge in [-0.15, -0.1) is 0 Å². The number of carboxylic acid groups (broad SMARTS) is 2. The van der Waals surface area contributed by atoms with Gasteiger partial charge >= 0.3 is 11.9 Å². The Kier molecular flexibility index (Phi) is 5.56. The molecule has 1 aliphatic heterocycles. The minimum Gasteiger partial charge on any atom is -0.478 e. The molecular weight excluding hydrogens is 420 g/mol. The Morgan fingerprint density at radius 3 is 1.52 bits per heavy atom. The van der Waals surface area contributed by atoms with Crippen LogP contribution >= 0.6 is 0 Å². The van der Waals surface area contributed by atoms with Crippen LogP contribution in [-0.4, -0.2) is 30.6 Å². The first-order chi connectivity index (χ1) is 14.8.